The fourth-order valence-electron chi connectivity index (χ4n) is 3.67. The highest BCUT2D eigenvalue weighted by Crippen LogP contribution is 2.25. The number of hydrogen-bond donors (Lipinski definition) is 3. The van der Waals surface area contributed by atoms with Gasteiger partial charge in [0.05, 0.1) is 35.3 Å². The van der Waals surface area contributed by atoms with Crippen LogP contribution in [0.25, 0.3) is 16.9 Å². The molecule has 2 amide bonds. The van der Waals surface area contributed by atoms with Crippen LogP contribution in [0, 0.1) is 0 Å². The third-order valence-corrected chi connectivity index (χ3v) is 6.26. The average Bonchev–Trinajstić information content (AvgIpc) is 3.65. The van der Waals surface area contributed by atoms with E-state index in [0.29, 0.717) is 23.5 Å². The van der Waals surface area contributed by atoms with Gasteiger partial charge in [0.15, 0.2) is 0 Å². The van der Waals surface area contributed by atoms with Crippen LogP contribution >= 0.6 is 11.3 Å². The van der Waals surface area contributed by atoms with Crippen molar-refractivity contribution in [3.63, 3.8) is 0 Å². The van der Waals surface area contributed by atoms with Crippen molar-refractivity contribution in [2.24, 2.45) is 0 Å². The molecule has 0 aliphatic heterocycles. The Balaban J connectivity index is 1.48. The highest BCUT2D eigenvalue weighted by atomic mass is 32.1. The number of hydrogen-bond acceptors (Lipinski definition) is 6. The van der Waals surface area contributed by atoms with Crippen molar-refractivity contribution in [1.82, 2.24) is 35.4 Å². The number of carbonyl (C=O) groups excluding carboxylic acids is 2. The minimum Gasteiger partial charge on any atom is -0.359 e. The van der Waals surface area contributed by atoms with Gasteiger partial charge in [0, 0.05) is 31.4 Å². The lowest BCUT2D eigenvalue weighted by Crippen LogP contribution is -2.28. The molecule has 10 heteroatoms. The monoisotopic (exact) mass is 477 g/mol. The quantitative estimate of drug-likeness (QED) is 0.283. The van der Waals surface area contributed by atoms with Crippen LogP contribution in [-0.4, -0.2) is 43.6 Å². The van der Waals surface area contributed by atoms with Gasteiger partial charge in [-0.3, -0.25) is 14.6 Å². The predicted octanol–water partition coefficient (Wildman–Crippen LogP) is 3.89. The Morgan fingerprint density at radius 2 is 2.09 bits per heavy atom. The summed E-state index contributed by atoms with van der Waals surface area (Å²) in [6, 6.07) is 9.61. The Hall–Kier alpha value is -3.79. The van der Waals surface area contributed by atoms with E-state index in [1.54, 1.807) is 35.8 Å². The van der Waals surface area contributed by atoms with Crippen molar-refractivity contribution >= 4 is 23.2 Å². The van der Waals surface area contributed by atoms with Crippen LogP contribution in [0.4, 0.5) is 0 Å². The molecular formula is C24H27N7O2S. The lowest BCUT2D eigenvalue weighted by Gasteiger charge is -2.16. The molecule has 176 valence electrons. The molecule has 4 rings (SSSR count). The minimum absolute atomic E-state index is 0.0445. The van der Waals surface area contributed by atoms with Gasteiger partial charge in [-0.25, -0.2) is 9.67 Å². The molecule has 0 aliphatic rings. The van der Waals surface area contributed by atoms with E-state index in [1.165, 1.54) is 11.3 Å². The smallest absolute Gasteiger partial charge is 0.263 e. The largest absolute Gasteiger partial charge is 0.359 e. The molecule has 0 bridgehead atoms. The van der Waals surface area contributed by atoms with Crippen LogP contribution in [0.5, 0.6) is 0 Å². The van der Waals surface area contributed by atoms with Crippen molar-refractivity contribution in [2.75, 3.05) is 7.05 Å². The molecule has 1 atom stereocenters. The second-order valence-corrected chi connectivity index (χ2v) is 8.73. The first-order valence-corrected chi connectivity index (χ1v) is 12.1. The lowest BCUT2D eigenvalue weighted by molar-refractivity contribution is -0.120. The standard InChI is InChI=1S/C24H27N7O2S/c1-25-22(32)10-4-2-3-9-19(30-24(33)21-15-26-16-34-21)23-27-14-20(29-23)17-7-5-8-18(13-17)31-12-6-11-28-31/h5-8,11-16,19H,2-4,9-10H2,1H3,(H,25,32)(H,27,29)(H,30,33). The van der Waals surface area contributed by atoms with Crippen LogP contribution in [0.1, 0.15) is 53.6 Å². The summed E-state index contributed by atoms with van der Waals surface area (Å²) in [6.07, 6.45) is 10.8. The van der Waals surface area contributed by atoms with Gasteiger partial charge in [0.25, 0.3) is 5.91 Å². The van der Waals surface area contributed by atoms with Crippen molar-refractivity contribution in [3.8, 4) is 16.9 Å². The molecule has 3 heterocycles. The Bertz CT molecular complexity index is 1200. The van der Waals surface area contributed by atoms with Gasteiger partial charge < -0.3 is 15.6 Å². The SMILES string of the molecule is CNC(=O)CCCCCC(NC(=O)c1cncs1)c1ncc(-c2cccc(-n3cccn3)c2)[nH]1. The maximum atomic E-state index is 12.7. The van der Waals surface area contributed by atoms with Gasteiger partial charge in [0.2, 0.25) is 5.91 Å². The second-order valence-electron chi connectivity index (χ2n) is 7.85. The molecule has 3 N–H and O–H groups in total. The molecule has 0 fully saturated rings. The van der Waals surface area contributed by atoms with E-state index >= 15 is 0 Å². The normalized spacial score (nSPS) is 11.8. The number of aromatic nitrogens is 5. The Morgan fingerprint density at radius 3 is 2.85 bits per heavy atom. The highest BCUT2D eigenvalue weighted by Gasteiger charge is 2.20. The van der Waals surface area contributed by atoms with Gasteiger partial charge in [-0.15, -0.1) is 11.3 Å². The third-order valence-electron chi connectivity index (χ3n) is 5.49. The number of unbranched alkanes of at least 4 members (excludes halogenated alkanes) is 2. The average molecular weight is 478 g/mol. The van der Waals surface area contributed by atoms with Crippen molar-refractivity contribution < 1.29 is 9.59 Å². The summed E-state index contributed by atoms with van der Waals surface area (Å²) in [5.41, 5.74) is 4.43. The predicted molar refractivity (Wildman–Crippen MR) is 131 cm³/mol. The molecule has 4 aromatic rings. The van der Waals surface area contributed by atoms with E-state index < -0.39 is 0 Å². The Morgan fingerprint density at radius 1 is 1.18 bits per heavy atom. The van der Waals surface area contributed by atoms with Crippen LogP contribution in [0.2, 0.25) is 0 Å². The van der Waals surface area contributed by atoms with Gasteiger partial charge in [-0.05, 0) is 31.0 Å². The first kappa shape index (κ1) is 23.4. The number of amides is 2. The molecule has 34 heavy (non-hydrogen) atoms. The molecule has 0 spiro atoms. The Kier molecular flexibility index (Phi) is 7.82. The number of aromatic amines is 1. The highest BCUT2D eigenvalue weighted by molar-refractivity contribution is 7.11. The second kappa shape index (κ2) is 11.4. The topological polar surface area (TPSA) is 118 Å². The fourth-order valence-corrected chi connectivity index (χ4v) is 4.19. The zero-order valence-corrected chi connectivity index (χ0v) is 19.7. The number of H-pyrrole nitrogens is 1. The van der Waals surface area contributed by atoms with E-state index in [0.717, 1.165) is 36.2 Å². The van der Waals surface area contributed by atoms with Gasteiger partial charge >= 0.3 is 0 Å². The summed E-state index contributed by atoms with van der Waals surface area (Å²) < 4.78 is 1.80. The number of imidazole rings is 1. The number of benzene rings is 1. The molecule has 0 aliphatic carbocycles. The van der Waals surface area contributed by atoms with Crippen molar-refractivity contribution in [2.45, 2.75) is 38.1 Å². The molecule has 1 unspecified atom stereocenters. The van der Waals surface area contributed by atoms with E-state index in [1.807, 2.05) is 36.5 Å². The zero-order chi connectivity index (χ0) is 23.8. The maximum Gasteiger partial charge on any atom is 0.263 e. The third kappa shape index (κ3) is 5.96. The van der Waals surface area contributed by atoms with Gasteiger partial charge in [-0.2, -0.15) is 5.10 Å². The summed E-state index contributed by atoms with van der Waals surface area (Å²) in [7, 11) is 1.65. The Labute approximate surface area is 201 Å². The molecule has 0 radical (unpaired) electrons. The number of nitrogens with zero attached hydrogens (tertiary/aromatic N) is 4. The van der Waals surface area contributed by atoms with Crippen LogP contribution in [0.15, 0.2) is 60.6 Å². The van der Waals surface area contributed by atoms with E-state index in [-0.39, 0.29) is 17.9 Å². The molecular weight excluding hydrogens is 450 g/mol. The molecule has 0 saturated heterocycles. The molecule has 3 aromatic heterocycles. The van der Waals surface area contributed by atoms with Crippen LogP contribution in [0.3, 0.4) is 0 Å². The van der Waals surface area contributed by atoms with Gasteiger partial charge in [-0.1, -0.05) is 25.0 Å². The molecule has 1 aromatic carbocycles. The summed E-state index contributed by atoms with van der Waals surface area (Å²) in [5.74, 6) is 0.572. The summed E-state index contributed by atoms with van der Waals surface area (Å²) in [6.45, 7) is 0. The number of rotatable bonds is 11. The van der Waals surface area contributed by atoms with Crippen LogP contribution in [-0.2, 0) is 4.79 Å². The molecule has 0 saturated carbocycles. The minimum atomic E-state index is -0.280. The zero-order valence-electron chi connectivity index (χ0n) is 18.9. The fraction of sp³-hybridized carbons (Fsp3) is 0.292. The van der Waals surface area contributed by atoms with Crippen molar-refractivity contribution in [1.29, 1.82) is 0 Å². The number of carbonyl (C=O) groups is 2. The first-order chi connectivity index (χ1) is 16.6. The van der Waals surface area contributed by atoms with E-state index in [9.17, 15) is 9.59 Å². The number of thiazole rings is 1. The number of nitrogens with one attached hydrogen (secondary N) is 3. The first-order valence-electron chi connectivity index (χ1n) is 11.2. The maximum absolute atomic E-state index is 12.7. The lowest BCUT2D eigenvalue weighted by atomic mass is 10.1. The van der Waals surface area contributed by atoms with Crippen molar-refractivity contribution in [3.05, 3.63) is 71.3 Å². The summed E-state index contributed by atoms with van der Waals surface area (Å²) in [5, 5.41) is 10.0. The molecule has 9 nitrogen and oxygen atoms in total. The van der Waals surface area contributed by atoms with E-state index in [2.05, 4.69) is 30.7 Å². The summed E-state index contributed by atoms with van der Waals surface area (Å²) >= 11 is 1.30. The van der Waals surface area contributed by atoms with E-state index in [4.69, 9.17) is 0 Å². The summed E-state index contributed by atoms with van der Waals surface area (Å²) in [4.78, 5) is 36.7. The van der Waals surface area contributed by atoms with Crippen LogP contribution < -0.4 is 10.6 Å². The van der Waals surface area contributed by atoms with Gasteiger partial charge in [0.1, 0.15) is 10.7 Å².